The lowest BCUT2D eigenvalue weighted by Gasteiger charge is -2.03. The van der Waals surface area contributed by atoms with Crippen LogP contribution in [0.1, 0.15) is 32.7 Å². The fraction of sp³-hybridized carbons (Fsp3) is 0.167. The molecule has 0 atom stereocenters. The molecule has 0 radical (unpaired) electrons. The lowest BCUT2D eigenvalue weighted by atomic mass is 9.99. The van der Waals surface area contributed by atoms with Crippen LogP contribution in [-0.4, -0.2) is 11.8 Å². The summed E-state index contributed by atoms with van der Waals surface area (Å²) in [6.07, 6.45) is 3.35. The van der Waals surface area contributed by atoms with Gasteiger partial charge < -0.3 is 0 Å². The predicted octanol–water partition coefficient (Wildman–Crippen LogP) is 1.69. The second kappa shape index (κ2) is 3.69. The number of hydrogen-bond donors (Lipinski definition) is 1. The Morgan fingerprint density at radius 3 is 2.80 bits per heavy atom. The highest BCUT2D eigenvalue weighted by Gasteiger charge is 2.28. The molecule has 2 amide bonds. The number of carbonyl (C=O) groups is 2. The fourth-order valence-corrected chi connectivity index (χ4v) is 1.76. The molecule has 0 bridgehead atoms. The summed E-state index contributed by atoms with van der Waals surface area (Å²) >= 11 is 0. The lowest BCUT2D eigenvalue weighted by molar-refractivity contribution is 0.0879. The molecule has 0 aliphatic carbocycles. The number of carbonyl (C=O) groups excluding carboxylic acids is 2. The first-order chi connectivity index (χ1) is 7.24. The van der Waals surface area contributed by atoms with Crippen LogP contribution in [0.25, 0.3) is 0 Å². The Bertz CT molecular complexity index is 449. The third-order valence-electron chi connectivity index (χ3n) is 2.47. The summed E-state index contributed by atoms with van der Waals surface area (Å²) in [5.74, 6) is -0.579. The highest BCUT2D eigenvalue weighted by atomic mass is 16.2. The van der Waals surface area contributed by atoms with Crippen molar-refractivity contribution in [3.63, 3.8) is 0 Å². The summed E-state index contributed by atoms with van der Waals surface area (Å²) in [5, 5.41) is 2.30. The SMILES string of the molecule is C=CCCc1cccc2c1C(=O)NC2=O. The van der Waals surface area contributed by atoms with Crippen molar-refractivity contribution in [2.75, 3.05) is 0 Å². The number of fused-ring (bicyclic) bond motifs is 1. The first-order valence-corrected chi connectivity index (χ1v) is 4.82. The number of allylic oxidation sites excluding steroid dienone is 1. The van der Waals surface area contributed by atoms with Gasteiger partial charge in [0.15, 0.2) is 0 Å². The number of imide groups is 1. The summed E-state index contributed by atoms with van der Waals surface area (Å²) in [6.45, 7) is 3.64. The molecular formula is C12H11NO2. The van der Waals surface area contributed by atoms with Gasteiger partial charge in [0.25, 0.3) is 11.8 Å². The summed E-state index contributed by atoms with van der Waals surface area (Å²) in [7, 11) is 0. The molecule has 0 saturated heterocycles. The summed E-state index contributed by atoms with van der Waals surface area (Å²) in [4.78, 5) is 22.9. The van der Waals surface area contributed by atoms with E-state index in [-0.39, 0.29) is 11.8 Å². The van der Waals surface area contributed by atoms with Gasteiger partial charge in [-0.05, 0) is 24.5 Å². The van der Waals surface area contributed by atoms with E-state index in [0.717, 1.165) is 18.4 Å². The molecule has 0 unspecified atom stereocenters. The molecule has 3 heteroatoms. The molecule has 15 heavy (non-hydrogen) atoms. The molecule has 1 heterocycles. The van der Waals surface area contributed by atoms with Gasteiger partial charge >= 0.3 is 0 Å². The van der Waals surface area contributed by atoms with Crippen LogP contribution >= 0.6 is 0 Å². The van der Waals surface area contributed by atoms with Crippen LogP contribution in [0, 0.1) is 0 Å². The Hall–Kier alpha value is -1.90. The topological polar surface area (TPSA) is 46.2 Å². The van der Waals surface area contributed by atoms with Crippen molar-refractivity contribution >= 4 is 11.8 Å². The second-order valence-corrected chi connectivity index (χ2v) is 3.45. The molecule has 1 aromatic carbocycles. The Morgan fingerprint density at radius 1 is 1.27 bits per heavy atom. The van der Waals surface area contributed by atoms with E-state index < -0.39 is 0 Å². The summed E-state index contributed by atoms with van der Waals surface area (Å²) in [5.41, 5.74) is 1.93. The van der Waals surface area contributed by atoms with Crippen LogP contribution in [0.4, 0.5) is 0 Å². The van der Waals surface area contributed by atoms with Gasteiger partial charge in [-0.2, -0.15) is 0 Å². The van der Waals surface area contributed by atoms with E-state index in [1.807, 2.05) is 6.07 Å². The van der Waals surface area contributed by atoms with Crippen LogP contribution < -0.4 is 5.32 Å². The van der Waals surface area contributed by atoms with Crippen molar-refractivity contribution in [2.24, 2.45) is 0 Å². The zero-order valence-corrected chi connectivity index (χ0v) is 8.25. The molecule has 1 N–H and O–H groups in total. The predicted molar refractivity (Wildman–Crippen MR) is 56.8 cm³/mol. The molecule has 0 aromatic heterocycles. The number of benzene rings is 1. The molecule has 0 spiro atoms. The highest BCUT2D eigenvalue weighted by molar-refractivity contribution is 6.22. The molecule has 1 aliphatic heterocycles. The van der Waals surface area contributed by atoms with E-state index in [4.69, 9.17) is 0 Å². The molecule has 76 valence electrons. The first-order valence-electron chi connectivity index (χ1n) is 4.82. The quantitative estimate of drug-likeness (QED) is 0.597. The minimum atomic E-state index is -0.296. The van der Waals surface area contributed by atoms with Gasteiger partial charge in [0.1, 0.15) is 0 Å². The Morgan fingerprint density at radius 2 is 2.07 bits per heavy atom. The zero-order valence-electron chi connectivity index (χ0n) is 8.25. The largest absolute Gasteiger partial charge is 0.288 e. The summed E-state index contributed by atoms with van der Waals surface area (Å²) < 4.78 is 0. The van der Waals surface area contributed by atoms with Gasteiger partial charge in [0.05, 0.1) is 11.1 Å². The first kappa shape index (κ1) is 9.65. The third kappa shape index (κ3) is 1.56. The van der Waals surface area contributed by atoms with E-state index >= 15 is 0 Å². The average molecular weight is 201 g/mol. The van der Waals surface area contributed by atoms with Crippen molar-refractivity contribution in [3.05, 3.63) is 47.5 Å². The molecule has 2 rings (SSSR count). The zero-order chi connectivity index (χ0) is 10.8. The molecular weight excluding hydrogens is 190 g/mol. The Labute approximate surface area is 87.8 Å². The normalized spacial score (nSPS) is 13.6. The smallest absolute Gasteiger partial charge is 0.259 e. The lowest BCUT2D eigenvalue weighted by Crippen LogP contribution is -2.20. The molecule has 1 aliphatic rings. The van der Waals surface area contributed by atoms with E-state index in [1.54, 1.807) is 18.2 Å². The highest BCUT2D eigenvalue weighted by Crippen LogP contribution is 2.21. The number of nitrogens with one attached hydrogen (secondary N) is 1. The summed E-state index contributed by atoms with van der Waals surface area (Å²) in [6, 6.07) is 5.35. The van der Waals surface area contributed by atoms with E-state index in [0.29, 0.717) is 11.1 Å². The molecule has 0 saturated carbocycles. The third-order valence-corrected chi connectivity index (χ3v) is 2.47. The van der Waals surface area contributed by atoms with E-state index in [1.165, 1.54) is 0 Å². The van der Waals surface area contributed by atoms with Crippen LogP contribution in [0.15, 0.2) is 30.9 Å². The van der Waals surface area contributed by atoms with Gasteiger partial charge in [-0.25, -0.2) is 0 Å². The van der Waals surface area contributed by atoms with Gasteiger partial charge in [0.2, 0.25) is 0 Å². The maximum atomic E-state index is 11.5. The number of amides is 2. The van der Waals surface area contributed by atoms with E-state index in [9.17, 15) is 9.59 Å². The molecule has 1 aromatic rings. The van der Waals surface area contributed by atoms with Crippen LogP contribution in [0.3, 0.4) is 0 Å². The minimum Gasteiger partial charge on any atom is -0.288 e. The van der Waals surface area contributed by atoms with Crippen LogP contribution in [0.2, 0.25) is 0 Å². The van der Waals surface area contributed by atoms with Gasteiger partial charge in [-0.3, -0.25) is 14.9 Å². The van der Waals surface area contributed by atoms with Crippen molar-refractivity contribution < 1.29 is 9.59 Å². The van der Waals surface area contributed by atoms with Crippen molar-refractivity contribution in [1.82, 2.24) is 5.32 Å². The maximum absolute atomic E-state index is 11.5. The Balaban J connectivity index is 2.45. The number of hydrogen-bond acceptors (Lipinski definition) is 2. The van der Waals surface area contributed by atoms with Gasteiger partial charge in [0, 0.05) is 0 Å². The van der Waals surface area contributed by atoms with Crippen LogP contribution in [-0.2, 0) is 6.42 Å². The minimum absolute atomic E-state index is 0.283. The number of rotatable bonds is 3. The number of aryl methyl sites for hydroxylation is 1. The van der Waals surface area contributed by atoms with Crippen molar-refractivity contribution in [1.29, 1.82) is 0 Å². The van der Waals surface area contributed by atoms with Gasteiger partial charge in [-0.15, -0.1) is 6.58 Å². The standard InChI is InChI=1S/C12H11NO2/c1-2-3-5-8-6-4-7-9-10(8)12(15)13-11(9)14/h2,4,6-7H,1,3,5H2,(H,13,14,15). The van der Waals surface area contributed by atoms with Crippen molar-refractivity contribution in [3.8, 4) is 0 Å². The van der Waals surface area contributed by atoms with Crippen LogP contribution in [0.5, 0.6) is 0 Å². The van der Waals surface area contributed by atoms with Crippen molar-refractivity contribution in [2.45, 2.75) is 12.8 Å². The molecule has 0 fully saturated rings. The second-order valence-electron chi connectivity index (χ2n) is 3.45. The van der Waals surface area contributed by atoms with Gasteiger partial charge in [-0.1, -0.05) is 18.2 Å². The fourth-order valence-electron chi connectivity index (χ4n) is 1.76. The van der Waals surface area contributed by atoms with E-state index in [2.05, 4.69) is 11.9 Å². The Kier molecular flexibility index (Phi) is 2.37. The monoisotopic (exact) mass is 201 g/mol. The maximum Gasteiger partial charge on any atom is 0.259 e. The average Bonchev–Trinajstić information content (AvgIpc) is 2.53. The molecule has 3 nitrogen and oxygen atoms in total.